The third-order valence-electron chi connectivity index (χ3n) is 3.18. The molecule has 2 heterocycles. The summed E-state index contributed by atoms with van der Waals surface area (Å²) in [6.07, 6.45) is 1.81. The molecule has 1 fully saturated rings. The molecule has 5 nitrogen and oxygen atoms in total. The monoisotopic (exact) mass is 236 g/mol. The van der Waals surface area contributed by atoms with E-state index >= 15 is 0 Å². The van der Waals surface area contributed by atoms with Gasteiger partial charge in [0, 0.05) is 51.0 Å². The van der Waals surface area contributed by atoms with Gasteiger partial charge in [-0.1, -0.05) is 6.07 Å². The fourth-order valence-electron chi connectivity index (χ4n) is 2.20. The first-order valence-electron chi connectivity index (χ1n) is 6.07. The molecule has 0 spiro atoms. The van der Waals surface area contributed by atoms with Gasteiger partial charge in [-0.25, -0.2) is 4.98 Å². The second-order valence-electron chi connectivity index (χ2n) is 4.24. The third-order valence-corrected chi connectivity index (χ3v) is 3.18. The van der Waals surface area contributed by atoms with Crippen LogP contribution in [-0.4, -0.2) is 54.3 Å². The number of nitrogens with zero attached hydrogens (tertiary/aromatic N) is 3. The lowest BCUT2D eigenvalue weighted by Crippen LogP contribution is -2.47. The maximum atomic E-state index is 8.90. The first-order valence-corrected chi connectivity index (χ1v) is 6.07. The molecule has 17 heavy (non-hydrogen) atoms. The van der Waals surface area contributed by atoms with Crippen molar-refractivity contribution >= 4 is 5.82 Å². The van der Waals surface area contributed by atoms with Gasteiger partial charge in [0.25, 0.3) is 0 Å². The Morgan fingerprint density at radius 2 is 2.06 bits per heavy atom. The van der Waals surface area contributed by atoms with E-state index in [2.05, 4.69) is 14.8 Å². The van der Waals surface area contributed by atoms with Crippen molar-refractivity contribution < 1.29 is 5.11 Å². The number of pyridine rings is 1. The maximum absolute atomic E-state index is 8.90. The van der Waals surface area contributed by atoms with Crippen molar-refractivity contribution in [3.63, 3.8) is 0 Å². The molecule has 1 aromatic heterocycles. The Labute approximate surface area is 102 Å². The van der Waals surface area contributed by atoms with E-state index < -0.39 is 0 Å². The van der Waals surface area contributed by atoms with Crippen LogP contribution in [0.15, 0.2) is 18.3 Å². The van der Waals surface area contributed by atoms with Crippen LogP contribution in [0.3, 0.4) is 0 Å². The number of aromatic nitrogens is 1. The minimum Gasteiger partial charge on any atom is -0.395 e. The molecule has 0 atom stereocenters. The molecule has 3 N–H and O–H groups in total. The Bertz CT molecular complexity index is 350. The third kappa shape index (κ3) is 2.94. The van der Waals surface area contributed by atoms with E-state index in [1.807, 2.05) is 18.3 Å². The van der Waals surface area contributed by atoms with Crippen molar-refractivity contribution in [1.29, 1.82) is 0 Å². The van der Waals surface area contributed by atoms with Gasteiger partial charge in [0.2, 0.25) is 0 Å². The molecule has 1 aliphatic rings. The van der Waals surface area contributed by atoms with Crippen LogP contribution in [0.25, 0.3) is 0 Å². The largest absolute Gasteiger partial charge is 0.395 e. The van der Waals surface area contributed by atoms with Gasteiger partial charge >= 0.3 is 0 Å². The number of aliphatic hydroxyl groups is 1. The Balaban J connectivity index is 2.00. The van der Waals surface area contributed by atoms with Gasteiger partial charge in [-0.3, -0.25) is 4.90 Å². The lowest BCUT2D eigenvalue weighted by Gasteiger charge is -2.35. The van der Waals surface area contributed by atoms with E-state index in [-0.39, 0.29) is 6.61 Å². The summed E-state index contributed by atoms with van der Waals surface area (Å²) in [5.74, 6) is 1.01. The number of hydrogen-bond acceptors (Lipinski definition) is 5. The highest BCUT2D eigenvalue weighted by Gasteiger charge is 2.18. The van der Waals surface area contributed by atoms with Crippen molar-refractivity contribution in [2.24, 2.45) is 5.73 Å². The number of nitrogens with two attached hydrogens (primary N) is 1. The number of hydrogen-bond donors (Lipinski definition) is 2. The van der Waals surface area contributed by atoms with Gasteiger partial charge < -0.3 is 15.7 Å². The van der Waals surface area contributed by atoms with Crippen LogP contribution in [0.2, 0.25) is 0 Å². The minimum atomic E-state index is 0.234. The Hall–Kier alpha value is -1.17. The number of piperazine rings is 1. The Kier molecular flexibility index (Phi) is 4.30. The molecule has 0 bridgehead atoms. The SMILES string of the molecule is NCc1cccnc1N1CCN(CCO)CC1. The maximum Gasteiger partial charge on any atom is 0.133 e. The highest BCUT2D eigenvalue weighted by Crippen LogP contribution is 2.18. The van der Waals surface area contributed by atoms with E-state index in [4.69, 9.17) is 10.8 Å². The highest BCUT2D eigenvalue weighted by atomic mass is 16.3. The lowest BCUT2D eigenvalue weighted by atomic mass is 10.2. The van der Waals surface area contributed by atoms with Gasteiger partial charge in [0.05, 0.1) is 6.61 Å². The van der Waals surface area contributed by atoms with Gasteiger partial charge in [-0.05, 0) is 6.07 Å². The standard InChI is InChI=1S/C12H20N4O/c13-10-11-2-1-3-14-12(11)16-6-4-15(5-7-16)8-9-17/h1-3,17H,4-10,13H2. The molecule has 1 saturated heterocycles. The average molecular weight is 236 g/mol. The summed E-state index contributed by atoms with van der Waals surface area (Å²) in [7, 11) is 0. The summed E-state index contributed by atoms with van der Waals surface area (Å²) in [6, 6.07) is 3.95. The first kappa shape index (κ1) is 12.3. The number of anilines is 1. The van der Waals surface area contributed by atoms with E-state index in [1.165, 1.54) is 0 Å². The Morgan fingerprint density at radius 1 is 1.29 bits per heavy atom. The molecule has 1 aliphatic heterocycles. The molecule has 94 valence electrons. The summed E-state index contributed by atoms with van der Waals surface area (Å²) in [4.78, 5) is 8.96. The predicted octanol–water partition coefficient (Wildman–Crippen LogP) is -0.345. The zero-order valence-electron chi connectivity index (χ0n) is 10.0. The number of rotatable bonds is 4. The molecule has 0 radical (unpaired) electrons. The molecule has 0 amide bonds. The van der Waals surface area contributed by atoms with Crippen LogP contribution >= 0.6 is 0 Å². The van der Waals surface area contributed by atoms with E-state index in [9.17, 15) is 0 Å². The van der Waals surface area contributed by atoms with Crippen LogP contribution in [-0.2, 0) is 6.54 Å². The molecule has 0 aliphatic carbocycles. The predicted molar refractivity (Wildman–Crippen MR) is 67.9 cm³/mol. The normalized spacial score (nSPS) is 17.4. The number of aliphatic hydroxyl groups excluding tert-OH is 1. The first-order chi connectivity index (χ1) is 8.35. The van der Waals surface area contributed by atoms with Crippen LogP contribution in [0.5, 0.6) is 0 Å². The van der Waals surface area contributed by atoms with Gasteiger partial charge in [-0.15, -0.1) is 0 Å². The van der Waals surface area contributed by atoms with Gasteiger partial charge in [-0.2, -0.15) is 0 Å². The van der Waals surface area contributed by atoms with Crippen LogP contribution in [0, 0.1) is 0 Å². The minimum absolute atomic E-state index is 0.234. The van der Waals surface area contributed by atoms with Crippen molar-refractivity contribution in [3.05, 3.63) is 23.9 Å². The van der Waals surface area contributed by atoms with Crippen molar-refractivity contribution in [1.82, 2.24) is 9.88 Å². The van der Waals surface area contributed by atoms with Crippen molar-refractivity contribution in [2.45, 2.75) is 6.54 Å². The molecular weight excluding hydrogens is 216 g/mol. The summed E-state index contributed by atoms with van der Waals surface area (Å²) in [5, 5.41) is 8.90. The van der Waals surface area contributed by atoms with E-state index in [1.54, 1.807) is 0 Å². The number of β-amino-alcohol motifs (C(OH)–C–C–N with tert-alkyl or cyclic N) is 1. The summed E-state index contributed by atoms with van der Waals surface area (Å²) in [5.41, 5.74) is 6.82. The summed E-state index contributed by atoms with van der Waals surface area (Å²) in [6.45, 7) is 5.37. The fourth-order valence-corrected chi connectivity index (χ4v) is 2.20. The average Bonchev–Trinajstić information content (AvgIpc) is 2.40. The van der Waals surface area contributed by atoms with Crippen molar-refractivity contribution in [3.8, 4) is 0 Å². The van der Waals surface area contributed by atoms with Crippen LogP contribution in [0.1, 0.15) is 5.56 Å². The van der Waals surface area contributed by atoms with Crippen LogP contribution < -0.4 is 10.6 Å². The highest BCUT2D eigenvalue weighted by molar-refractivity contribution is 5.47. The van der Waals surface area contributed by atoms with Crippen LogP contribution in [0.4, 0.5) is 5.82 Å². The molecule has 2 rings (SSSR count). The summed E-state index contributed by atoms with van der Waals surface area (Å²) >= 11 is 0. The molecule has 0 saturated carbocycles. The quantitative estimate of drug-likeness (QED) is 0.748. The second-order valence-corrected chi connectivity index (χ2v) is 4.24. The van der Waals surface area contributed by atoms with E-state index in [0.29, 0.717) is 6.54 Å². The Morgan fingerprint density at radius 3 is 2.71 bits per heavy atom. The molecular formula is C12H20N4O. The van der Waals surface area contributed by atoms with Gasteiger partial charge in [0.1, 0.15) is 5.82 Å². The van der Waals surface area contributed by atoms with E-state index in [0.717, 1.165) is 44.1 Å². The molecule has 0 unspecified atom stereocenters. The topological polar surface area (TPSA) is 65.6 Å². The summed E-state index contributed by atoms with van der Waals surface area (Å²) < 4.78 is 0. The van der Waals surface area contributed by atoms with Gasteiger partial charge in [0.15, 0.2) is 0 Å². The smallest absolute Gasteiger partial charge is 0.133 e. The second kappa shape index (κ2) is 5.95. The zero-order valence-corrected chi connectivity index (χ0v) is 10.0. The molecule has 0 aromatic carbocycles. The lowest BCUT2D eigenvalue weighted by molar-refractivity contribution is 0.188. The van der Waals surface area contributed by atoms with Crippen molar-refractivity contribution in [2.75, 3.05) is 44.2 Å². The fraction of sp³-hybridized carbons (Fsp3) is 0.583. The molecule has 1 aromatic rings. The molecule has 5 heteroatoms. The zero-order chi connectivity index (χ0) is 12.1.